The van der Waals surface area contributed by atoms with Crippen LogP contribution in [0.4, 0.5) is 11.5 Å². The Bertz CT molecular complexity index is 668. The van der Waals surface area contributed by atoms with E-state index in [0.717, 1.165) is 5.69 Å². The van der Waals surface area contributed by atoms with Gasteiger partial charge in [0.2, 0.25) is 0 Å². The van der Waals surface area contributed by atoms with Crippen molar-refractivity contribution in [1.29, 1.82) is 0 Å². The zero-order valence-electron chi connectivity index (χ0n) is 10.6. The number of sulfonamides is 1. The smallest absolute Gasteiger partial charge is 0.262 e. The minimum absolute atomic E-state index is 0.146. The van der Waals surface area contributed by atoms with Gasteiger partial charge < -0.3 is 5.32 Å². The highest BCUT2D eigenvalue weighted by atomic mass is 32.2. The van der Waals surface area contributed by atoms with E-state index in [2.05, 4.69) is 20.0 Å². The van der Waals surface area contributed by atoms with E-state index in [1.807, 2.05) is 6.92 Å². The predicted octanol–water partition coefficient (Wildman–Crippen LogP) is 1.63. The quantitative estimate of drug-likeness (QED) is 0.888. The Balaban J connectivity index is 2.29. The summed E-state index contributed by atoms with van der Waals surface area (Å²) in [4.78, 5) is 8.16. The van der Waals surface area contributed by atoms with Crippen LogP contribution in [0.25, 0.3) is 0 Å². The number of aryl methyl sites for hydroxylation is 1. The molecule has 0 aliphatic rings. The molecular formula is C12H14N4O2S. The standard InChI is InChI=1S/C12H14N4O2S/c1-9-3-4-10(8-15-9)16-19(17,18)11-5-6-14-12(7-11)13-2/h3-8,16H,1-2H3,(H,13,14). The number of anilines is 2. The van der Waals surface area contributed by atoms with Gasteiger partial charge in [0, 0.05) is 25.0 Å². The monoisotopic (exact) mass is 278 g/mol. The maximum Gasteiger partial charge on any atom is 0.262 e. The number of hydrogen-bond acceptors (Lipinski definition) is 5. The summed E-state index contributed by atoms with van der Waals surface area (Å²) in [7, 11) is -1.95. The Labute approximate surface area is 112 Å². The summed E-state index contributed by atoms with van der Waals surface area (Å²) in [6, 6.07) is 6.30. The van der Waals surface area contributed by atoms with E-state index in [0.29, 0.717) is 11.5 Å². The molecule has 6 nitrogen and oxygen atoms in total. The van der Waals surface area contributed by atoms with E-state index in [9.17, 15) is 8.42 Å². The van der Waals surface area contributed by atoms with Crippen LogP contribution in [0.3, 0.4) is 0 Å². The highest BCUT2D eigenvalue weighted by Gasteiger charge is 2.14. The topological polar surface area (TPSA) is 84.0 Å². The van der Waals surface area contributed by atoms with Crippen LogP contribution in [0.2, 0.25) is 0 Å². The third-order valence-electron chi connectivity index (χ3n) is 2.46. The minimum atomic E-state index is -3.63. The first-order valence-corrected chi connectivity index (χ1v) is 7.09. The zero-order valence-corrected chi connectivity index (χ0v) is 11.4. The van der Waals surface area contributed by atoms with Crippen LogP contribution < -0.4 is 10.0 Å². The maximum atomic E-state index is 12.2. The number of rotatable bonds is 4. The van der Waals surface area contributed by atoms with E-state index in [1.165, 1.54) is 24.5 Å². The summed E-state index contributed by atoms with van der Waals surface area (Å²) in [5.74, 6) is 0.491. The van der Waals surface area contributed by atoms with Gasteiger partial charge in [0.15, 0.2) is 0 Å². The van der Waals surface area contributed by atoms with Crippen LogP contribution in [-0.4, -0.2) is 25.4 Å². The molecule has 0 amide bonds. The summed E-state index contributed by atoms with van der Waals surface area (Å²) >= 11 is 0. The Morgan fingerprint density at radius 1 is 1.16 bits per heavy atom. The van der Waals surface area contributed by atoms with Gasteiger partial charge in [-0.2, -0.15) is 0 Å². The number of nitrogens with zero attached hydrogens (tertiary/aromatic N) is 2. The van der Waals surface area contributed by atoms with Crippen LogP contribution >= 0.6 is 0 Å². The van der Waals surface area contributed by atoms with E-state index >= 15 is 0 Å². The Kier molecular flexibility index (Phi) is 3.66. The highest BCUT2D eigenvalue weighted by molar-refractivity contribution is 7.92. The lowest BCUT2D eigenvalue weighted by Crippen LogP contribution is -2.13. The molecule has 0 aliphatic heterocycles. The van der Waals surface area contributed by atoms with Crippen molar-refractivity contribution in [3.05, 3.63) is 42.4 Å². The Morgan fingerprint density at radius 2 is 1.95 bits per heavy atom. The zero-order chi connectivity index (χ0) is 13.9. The first-order chi connectivity index (χ1) is 9.01. The van der Waals surface area contributed by atoms with Gasteiger partial charge in [-0.15, -0.1) is 0 Å². The number of nitrogens with one attached hydrogen (secondary N) is 2. The second-order valence-corrected chi connectivity index (χ2v) is 5.60. The van der Waals surface area contributed by atoms with E-state index in [1.54, 1.807) is 19.2 Å². The van der Waals surface area contributed by atoms with E-state index in [-0.39, 0.29) is 4.90 Å². The molecule has 0 unspecified atom stereocenters. The molecule has 0 saturated heterocycles. The van der Waals surface area contributed by atoms with Crippen molar-refractivity contribution in [3.63, 3.8) is 0 Å². The molecule has 2 aromatic rings. The molecular weight excluding hydrogens is 264 g/mol. The number of hydrogen-bond donors (Lipinski definition) is 2. The largest absolute Gasteiger partial charge is 0.373 e. The summed E-state index contributed by atoms with van der Waals surface area (Å²) in [5.41, 5.74) is 1.25. The lowest BCUT2D eigenvalue weighted by Gasteiger charge is -2.08. The molecule has 100 valence electrons. The van der Waals surface area contributed by atoms with Gasteiger partial charge in [-0.05, 0) is 25.1 Å². The third-order valence-corrected chi connectivity index (χ3v) is 3.84. The molecule has 2 N–H and O–H groups in total. The molecule has 2 aromatic heterocycles. The normalized spacial score (nSPS) is 11.1. The van der Waals surface area contributed by atoms with Crippen LogP contribution in [-0.2, 0) is 10.0 Å². The van der Waals surface area contributed by atoms with Crippen molar-refractivity contribution >= 4 is 21.5 Å². The number of aromatic nitrogens is 2. The van der Waals surface area contributed by atoms with Crippen LogP contribution in [0, 0.1) is 6.92 Å². The average Bonchev–Trinajstić information content (AvgIpc) is 2.41. The first kappa shape index (κ1) is 13.3. The molecule has 0 radical (unpaired) electrons. The summed E-state index contributed by atoms with van der Waals surface area (Å²) < 4.78 is 26.8. The summed E-state index contributed by atoms with van der Waals surface area (Å²) in [6.45, 7) is 1.83. The highest BCUT2D eigenvalue weighted by Crippen LogP contribution is 2.17. The molecule has 0 bridgehead atoms. The Morgan fingerprint density at radius 3 is 2.58 bits per heavy atom. The van der Waals surface area contributed by atoms with Crippen molar-refractivity contribution in [2.24, 2.45) is 0 Å². The molecule has 0 spiro atoms. The third kappa shape index (κ3) is 3.19. The van der Waals surface area contributed by atoms with Gasteiger partial charge >= 0.3 is 0 Å². The first-order valence-electron chi connectivity index (χ1n) is 5.60. The maximum absolute atomic E-state index is 12.2. The second-order valence-electron chi connectivity index (χ2n) is 3.92. The van der Waals surface area contributed by atoms with E-state index < -0.39 is 10.0 Å². The number of pyridine rings is 2. The van der Waals surface area contributed by atoms with Gasteiger partial charge in [-0.25, -0.2) is 13.4 Å². The lowest BCUT2D eigenvalue weighted by atomic mass is 10.4. The van der Waals surface area contributed by atoms with Crippen molar-refractivity contribution in [2.75, 3.05) is 17.1 Å². The van der Waals surface area contributed by atoms with Crippen LogP contribution in [0.5, 0.6) is 0 Å². The van der Waals surface area contributed by atoms with Crippen molar-refractivity contribution < 1.29 is 8.42 Å². The molecule has 2 heterocycles. The lowest BCUT2D eigenvalue weighted by molar-refractivity contribution is 0.601. The fourth-order valence-electron chi connectivity index (χ4n) is 1.46. The molecule has 2 rings (SSSR count). The predicted molar refractivity (Wildman–Crippen MR) is 73.6 cm³/mol. The molecule has 7 heteroatoms. The van der Waals surface area contributed by atoms with Gasteiger partial charge in [0.25, 0.3) is 10.0 Å². The van der Waals surface area contributed by atoms with Crippen molar-refractivity contribution in [1.82, 2.24) is 9.97 Å². The van der Waals surface area contributed by atoms with Gasteiger partial charge in [0.05, 0.1) is 16.8 Å². The molecule has 0 fully saturated rings. The Hall–Kier alpha value is -2.15. The van der Waals surface area contributed by atoms with Gasteiger partial charge in [-0.1, -0.05) is 0 Å². The average molecular weight is 278 g/mol. The second kappa shape index (κ2) is 5.23. The van der Waals surface area contributed by atoms with Crippen LogP contribution in [0.15, 0.2) is 41.6 Å². The van der Waals surface area contributed by atoms with Gasteiger partial charge in [0.1, 0.15) is 5.82 Å². The summed E-state index contributed by atoms with van der Waals surface area (Å²) in [5, 5.41) is 2.80. The fraction of sp³-hybridized carbons (Fsp3) is 0.167. The fourth-order valence-corrected chi connectivity index (χ4v) is 2.51. The van der Waals surface area contributed by atoms with Gasteiger partial charge in [-0.3, -0.25) is 9.71 Å². The minimum Gasteiger partial charge on any atom is -0.373 e. The molecule has 0 saturated carbocycles. The van der Waals surface area contributed by atoms with Crippen LogP contribution in [0.1, 0.15) is 5.69 Å². The summed E-state index contributed by atoms with van der Waals surface area (Å²) in [6.07, 6.45) is 2.92. The molecule has 19 heavy (non-hydrogen) atoms. The van der Waals surface area contributed by atoms with Crippen molar-refractivity contribution in [3.8, 4) is 0 Å². The SMILES string of the molecule is CNc1cc(S(=O)(=O)Nc2ccc(C)nc2)ccn1. The molecule has 0 atom stereocenters. The van der Waals surface area contributed by atoms with Crippen molar-refractivity contribution in [2.45, 2.75) is 11.8 Å². The molecule has 0 aromatic carbocycles. The van der Waals surface area contributed by atoms with E-state index in [4.69, 9.17) is 0 Å². The molecule has 0 aliphatic carbocycles.